The van der Waals surface area contributed by atoms with Crippen molar-refractivity contribution in [3.05, 3.63) is 0 Å². The number of rotatable bonds is 37. The molecule has 0 N–H and O–H groups in total. The van der Waals surface area contributed by atoms with Crippen LogP contribution in [0, 0.1) is 0 Å². The molecule has 0 saturated heterocycles. The molecule has 0 aliphatic carbocycles. The van der Waals surface area contributed by atoms with Crippen molar-refractivity contribution in [2.75, 3.05) is 0 Å². The molecule has 0 saturated carbocycles. The summed E-state index contributed by atoms with van der Waals surface area (Å²) < 4.78 is 0. The Bertz CT molecular complexity index is 511. The fraction of sp³-hybridized carbons (Fsp3) is 0.947. The van der Waals surface area contributed by atoms with Crippen LogP contribution in [-0.4, -0.2) is 11.9 Å². The van der Waals surface area contributed by atoms with Crippen LogP contribution in [0.25, 0.3) is 0 Å². The molecule has 0 aliphatic rings. The summed E-state index contributed by atoms with van der Waals surface area (Å²) in [5, 5.41) is 20.7. The van der Waals surface area contributed by atoms with Gasteiger partial charge in [0.1, 0.15) is 0 Å². The molecule has 0 fully saturated rings. The van der Waals surface area contributed by atoms with E-state index in [1.165, 1.54) is 193 Å². The maximum absolute atomic E-state index is 10.4. The molecular weight excluding hydrogens is 566 g/mol. The quantitative estimate of drug-likeness (QED) is 0.0740. The molecule has 0 rings (SSSR count). The third-order valence-electron chi connectivity index (χ3n) is 9.01. The Labute approximate surface area is 319 Å². The molecular formula is C38H72Na2O4. The molecule has 0 atom stereocenters. The van der Waals surface area contributed by atoms with Gasteiger partial charge in [0.15, 0.2) is 0 Å². The van der Waals surface area contributed by atoms with E-state index in [1.54, 1.807) is 0 Å². The molecule has 0 unspecified atom stereocenters. The average molecular weight is 639 g/mol. The van der Waals surface area contributed by atoms with Crippen molar-refractivity contribution in [3.63, 3.8) is 0 Å². The summed E-state index contributed by atoms with van der Waals surface area (Å²) in [4.78, 5) is 20.7. The standard InChI is InChI=1S/C38H74O4.2Na/c39-37(40)35-33-31-29-27-25-23-21-19-17-15-13-11-9-7-5-3-1-2-4-6-8-10-12-14-16-18-20-22-24-26-28-30-32-34-36-38(41)42;;/h1-36H2,(H,39,40)(H,41,42);;/q;2*+1/p-2. The van der Waals surface area contributed by atoms with Crippen LogP contribution in [0.4, 0.5) is 0 Å². The maximum atomic E-state index is 10.4. The number of carboxylic acid groups (broad SMARTS) is 2. The third-order valence-corrected chi connectivity index (χ3v) is 9.01. The van der Waals surface area contributed by atoms with Crippen molar-refractivity contribution < 1.29 is 78.9 Å². The van der Waals surface area contributed by atoms with Crippen molar-refractivity contribution in [3.8, 4) is 0 Å². The van der Waals surface area contributed by atoms with E-state index < -0.39 is 11.9 Å². The summed E-state index contributed by atoms with van der Waals surface area (Å²) in [5.74, 6) is -1.81. The van der Waals surface area contributed by atoms with Crippen LogP contribution in [0.2, 0.25) is 0 Å². The fourth-order valence-electron chi connectivity index (χ4n) is 6.20. The van der Waals surface area contributed by atoms with Gasteiger partial charge in [-0.1, -0.05) is 205 Å². The second kappa shape index (κ2) is 43.9. The van der Waals surface area contributed by atoms with Crippen molar-refractivity contribution in [2.45, 2.75) is 231 Å². The van der Waals surface area contributed by atoms with Crippen molar-refractivity contribution in [2.24, 2.45) is 0 Å². The summed E-state index contributed by atoms with van der Waals surface area (Å²) in [6, 6.07) is 0. The second-order valence-corrected chi connectivity index (χ2v) is 13.3. The molecule has 0 spiro atoms. The van der Waals surface area contributed by atoms with Crippen LogP contribution in [0.3, 0.4) is 0 Å². The van der Waals surface area contributed by atoms with E-state index in [4.69, 9.17) is 0 Å². The second-order valence-electron chi connectivity index (χ2n) is 13.3. The fourth-order valence-corrected chi connectivity index (χ4v) is 6.20. The summed E-state index contributed by atoms with van der Waals surface area (Å²) in [6.45, 7) is 0. The van der Waals surface area contributed by atoms with E-state index in [0.29, 0.717) is 0 Å². The van der Waals surface area contributed by atoms with Gasteiger partial charge >= 0.3 is 59.1 Å². The number of unbranched alkanes of at least 4 members (excludes halogenated alkanes) is 33. The average Bonchev–Trinajstić information content (AvgIpc) is 2.96. The number of hydrogen-bond donors (Lipinski definition) is 0. The monoisotopic (exact) mass is 639 g/mol. The van der Waals surface area contributed by atoms with Gasteiger partial charge < -0.3 is 19.8 Å². The zero-order valence-electron chi connectivity index (χ0n) is 30.1. The van der Waals surface area contributed by atoms with Crippen LogP contribution >= 0.6 is 0 Å². The summed E-state index contributed by atoms with van der Waals surface area (Å²) in [5.41, 5.74) is 0. The normalized spacial score (nSPS) is 10.8. The van der Waals surface area contributed by atoms with Crippen molar-refractivity contribution >= 4 is 11.9 Å². The first-order chi connectivity index (χ1) is 20.6. The zero-order chi connectivity index (χ0) is 30.6. The van der Waals surface area contributed by atoms with E-state index in [0.717, 1.165) is 25.7 Å². The van der Waals surface area contributed by atoms with Gasteiger partial charge in [0.25, 0.3) is 0 Å². The van der Waals surface area contributed by atoms with Crippen LogP contribution in [0.15, 0.2) is 0 Å². The molecule has 6 heteroatoms. The van der Waals surface area contributed by atoms with E-state index >= 15 is 0 Å². The number of carbonyl (C=O) groups excluding carboxylic acids is 2. The Morgan fingerprint density at radius 2 is 0.318 bits per heavy atom. The SMILES string of the molecule is O=C([O-])CCCCCCCCCCCCCCCCCCCCCCCCCCCCCCCCCCCCC(=O)[O-].[Na+].[Na+]. The minimum absolute atomic E-state index is 0. The number of aliphatic carboxylic acids is 2. The Kier molecular flexibility index (Phi) is 49.3. The molecule has 0 radical (unpaired) electrons. The van der Waals surface area contributed by atoms with Crippen LogP contribution in [0.5, 0.6) is 0 Å². The molecule has 250 valence electrons. The van der Waals surface area contributed by atoms with E-state index in [-0.39, 0.29) is 72.0 Å². The van der Waals surface area contributed by atoms with Gasteiger partial charge in [0.2, 0.25) is 0 Å². The molecule has 0 aromatic rings. The third kappa shape index (κ3) is 47.3. The number of carboxylic acids is 2. The van der Waals surface area contributed by atoms with Gasteiger partial charge in [-0.2, -0.15) is 0 Å². The van der Waals surface area contributed by atoms with Gasteiger partial charge in [-0.15, -0.1) is 0 Å². The topological polar surface area (TPSA) is 80.3 Å². The Hall–Kier alpha value is 0.940. The minimum atomic E-state index is -0.904. The minimum Gasteiger partial charge on any atom is -0.550 e. The Balaban J connectivity index is -0.00000840. The Morgan fingerprint density at radius 1 is 0.227 bits per heavy atom. The van der Waals surface area contributed by atoms with Gasteiger partial charge in [0, 0.05) is 11.9 Å². The molecule has 0 aromatic heterocycles. The molecule has 0 aliphatic heterocycles. The molecule has 4 nitrogen and oxygen atoms in total. The largest absolute Gasteiger partial charge is 1.00 e. The number of hydrogen-bond acceptors (Lipinski definition) is 4. The molecule has 44 heavy (non-hydrogen) atoms. The first kappa shape index (κ1) is 49.3. The van der Waals surface area contributed by atoms with E-state index in [2.05, 4.69) is 0 Å². The smallest absolute Gasteiger partial charge is 0.550 e. The van der Waals surface area contributed by atoms with E-state index in [1.807, 2.05) is 0 Å². The summed E-state index contributed by atoms with van der Waals surface area (Å²) >= 11 is 0. The molecule has 0 amide bonds. The van der Waals surface area contributed by atoms with Crippen LogP contribution < -0.4 is 69.3 Å². The molecule has 0 aromatic carbocycles. The van der Waals surface area contributed by atoms with Gasteiger partial charge in [-0.3, -0.25) is 0 Å². The first-order valence-electron chi connectivity index (χ1n) is 19.0. The molecule has 0 bridgehead atoms. The van der Waals surface area contributed by atoms with Crippen molar-refractivity contribution in [1.29, 1.82) is 0 Å². The van der Waals surface area contributed by atoms with E-state index in [9.17, 15) is 19.8 Å². The zero-order valence-corrected chi connectivity index (χ0v) is 34.1. The Morgan fingerprint density at radius 3 is 0.409 bits per heavy atom. The maximum Gasteiger partial charge on any atom is 1.00 e. The van der Waals surface area contributed by atoms with Gasteiger partial charge in [0.05, 0.1) is 0 Å². The van der Waals surface area contributed by atoms with Gasteiger partial charge in [-0.25, -0.2) is 0 Å². The summed E-state index contributed by atoms with van der Waals surface area (Å²) in [7, 11) is 0. The van der Waals surface area contributed by atoms with Crippen LogP contribution in [0.1, 0.15) is 231 Å². The predicted octanol–water partition coefficient (Wildman–Crippen LogP) is 4.54. The molecule has 0 heterocycles. The van der Waals surface area contributed by atoms with Crippen molar-refractivity contribution in [1.82, 2.24) is 0 Å². The van der Waals surface area contributed by atoms with Crippen LogP contribution in [-0.2, 0) is 9.59 Å². The predicted molar refractivity (Wildman–Crippen MR) is 176 cm³/mol. The number of carbonyl (C=O) groups is 2. The summed E-state index contributed by atoms with van der Waals surface area (Å²) in [6.07, 6.45) is 45.7. The van der Waals surface area contributed by atoms with Gasteiger partial charge in [-0.05, 0) is 25.7 Å². The first-order valence-corrected chi connectivity index (χ1v) is 19.0.